The molecule has 0 saturated heterocycles. The number of hydrogen-bond donors (Lipinski definition) is 1. The predicted molar refractivity (Wildman–Crippen MR) is 77.7 cm³/mol. The maximum atomic E-state index is 10.5. The fourth-order valence-corrected chi connectivity index (χ4v) is 2.50. The van der Waals surface area contributed by atoms with Gasteiger partial charge in [-0.1, -0.05) is 41.4 Å². The molecule has 0 amide bonds. The van der Waals surface area contributed by atoms with E-state index >= 15 is 0 Å². The average Bonchev–Trinajstić information content (AvgIpc) is 2.47. The van der Waals surface area contributed by atoms with Crippen LogP contribution in [0.4, 0.5) is 0 Å². The van der Waals surface area contributed by atoms with Crippen LogP contribution in [-0.4, -0.2) is 18.3 Å². The normalized spacial score (nSPS) is 14.9. The Kier molecular flexibility index (Phi) is 3.55. The molecule has 20 heavy (non-hydrogen) atoms. The predicted octanol–water partition coefficient (Wildman–Crippen LogP) is 3.50. The lowest BCUT2D eigenvalue weighted by molar-refractivity contribution is 0.170. The first kappa shape index (κ1) is 13.3. The van der Waals surface area contributed by atoms with Gasteiger partial charge in [0.1, 0.15) is 19.3 Å². The van der Waals surface area contributed by atoms with Crippen LogP contribution in [0.2, 0.25) is 5.02 Å². The first-order chi connectivity index (χ1) is 9.65. The van der Waals surface area contributed by atoms with Crippen molar-refractivity contribution in [1.82, 2.24) is 0 Å². The molecule has 0 aromatic heterocycles. The van der Waals surface area contributed by atoms with Crippen molar-refractivity contribution in [2.75, 3.05) is 13.2 Å². The van der Waals surface area contributed by atoms with Crippen LogP contribution in [0.25, 0.3) is 0 Å². The molecule has 1 atom stereocenters. The van der Waals surface area contributed by atoms with Crippen molar-refractivity contribution in [2.45, 2.75) is 13.0 Å². The Hall–Kier alpha value is -1.71. The number of benzene rings is 2. The molecule has 1 heterocycles. The van der Waals surface area contributed by atoms with Crippen molar-refractivity contribution in [3.8, 4) is 11.5 Å². The number of aliphatic hydroxyl groups is 1. The van der Waals surface area contributed by atoms with Crippen molar-refractivity contribution in [1.29, 1.82) is 0 Å². The van der Waals surface area contributed by atoms with E-state index in [-0.39, 0.29) is 0 Å². The number of fused-ring (bicyclic) bond motifs is 1. The fraction of sp³-hybridized carbons (Fsp3) is 0.250. The summed E-state index contributed by atoms with van der Waals surface area (Å²) in [6.45, 7) is 3.00. The Morgan fingerprint density at radius 1 is 1.05 bits per heavy atom. The van der Waals surface area contributed by atoms with Gasteiger partial charge < -0.3 is 14.6 Å². The average molecular weight is 291 g/mol. The molecule has 1 aliphatic rings. The summed E-state index contributed by atoms with van der Waals surface area (Å²) in [6.07, 6.45) is -0.732. The number of halogens is 1. The van der Waals surface area contributed by atoms with Gasteiger partial charge in [-0.3, -0.25) is 0 Å². The van der Waals surface area contributed by atoms with Crippen LogP contribution in [0, 0.1) is 6.92 Å². The summed E-state index contributed by atoms with van der Waals surface area (Å²) >= 11 is 6.19. The summed E-state index contributed by atoms with van der Waals surface area (Å²) in [6, 6.07) is 11.3. The van der Waals surface area contributed by atoms with Crippen LogP contribution < -0.4 is 9.47 Å². The minimum absolute atomic E-state index is 0.461. The van der Waals surface area contributed by atoms with E-state index in [9.17, 15) is 5.11 Å². The standard InChI is InChI=1S/C16H15ClO3/c1-10-2-4-11(5-3-10)15(18)12-8-13(17)16-14(9-12)19-6-7-20-16/h2-5,8-9,15,18H,6-7H2,1H3. The fourth-order valence-electron chi connectivity index (χ4n) is 2.23. The lowest BCUT2D eigenvalue weighted by Gasteiger charge is -2.21. The van der Waals surface area contributed by atoms with E-state index in [1.807, 2.05) is 31.2 Å². The van der Waals surface area contributed by atoms with E-state index < -0.39 is 6.10 Å². The third-order valence-corrected chi connectivity index (χ3v) is 3.61. The van der Waals surface area contributed by atoms with Crippen molar-refractivity contribution in [3.63, 3.8) is 0 Å². The Labute approximate surface area is 122 Å². The van der Waals surface area contributed by atoms with E-state index in [4.69, 9.17) is 21.1 Å². The van der Waals surface area contributed by atoms with E-state index in [2.05, 4.69) is 0 Å². The molecule has 0 spiro atoms. The first-order valence-electron chi connectivity index (χ1n) is 6.49. The molecular formula is C16H15ClO3. The van der Waals surface area contributed by atoms with Gasteiger partial charge in [0.05, 0.1) is 5.02 Å². The highest BCUT2D eigenvalue weighted by molar-refractivity contribution is 6.32. The molecule has 0 fully saturated rings. The summed E-state index contributed by atoms with van der Waals surface area (Å²) in [5, 5.41) is 10.9. The summed E-state index contributed by atoms with van der Waals surface area (Å²) in [5.74, 6) is 1.14. The Balaban J connectivity index is 1.97. The van der Waals surface area contributed by atoms with Crippen LogP contribution in [-0.2, 0) is 0 Å². The molecule has 1 unspecified atom stereocenters. The lowest BCUT2D eigenvalue weighted by atomic mass is 10.00. The van der Waals surface area contributed by atoms with E-state index in [0.29, 0.717) is 35.3 Å². The van der Waals surface area contributed by atoms with Crippen molar-refractivity contribution in [2.24, 2.45) is 0 Å². The highest BCUT2D eigenvalue weighted by Gasteiger charge is 2.20. The summed E-state index contributed by atoms with van der Waals surface area (Å²) in [4.78, 5) is 0. The monoisotopic (exact) mass is 290 g/mol. The molecular weight excluding hydrogens is 276 g/mol. The maximum Gasteiger partial charge on any atom is 0.179 e. The largest absolute Gasteiger partial charge is 0.486 e. The third-order valence-electron chi connectivity index (χ3n) is 3.33. The molecule has 3 rings (SSSR count). The quantitative estimate of drug-likeness (QED) is 0.920. The van der Waals surface area contributed by atoms with Gasteiger partial charge in [-0.15, -0.1) is 0 Å². The molecule has 0 bridgehead atoms. The summed E-state index contributed by atoms with van der Waals surface area (Å²) in [7, 11) is 0. The van der Waals surface area contributed by atoms with Crippen LogP contribution in [0.5, 0.6) is 11.5 Å². The second-order valence-corrected chi connectivity index (χ2v) is 5.25. The van der Waals surface area contributed by atoms with Crippen LogP contribution in [0.3, 0.4) is 0 Å². The van der Waals surface area contributed by atoms with Crippen LogP contribution in [0.1, 0.15) is 22.8 Å². The van der Waals surface area contributed by atoms with Gasteiger partial charge in [-0.25, -0.2) is 0 Å². The van der Waals surface area contributed by atoms with Gasteiger partial charge in [0.15, 0.2) is 11.5 Å². The van der Waals surface area contributed by atoms with Crippen LogP contribution in [0.15, 0.2) is 36.4 Å². The molecule has 1 aliphatic heterocycles. The topological polar surface area (TPSA) is 38.7 Å². The molecule has 1 N–H and O–H groups in total. The number of aryl methyl sites for hydroxylation is 1. The van der Waals surface area contributed by atoms with Gasteiger partial charge in [-0.05, 0) is 30.2 Å². The zero-order valence-corrected chi connectivity index (χ0v) is 11.9. The van der Waals surface area contributed by atoms with E-state index in [1.165, 1.54) is 0 Å². The van der Waals surface area contributed by atoms with Crippen molar-refractivity contribution >= 4 is 11.6 Å². The Morgan fingerprint density at radius 2 is 1.75 bits per heavy atom. The van der Waals surface area contributed by atoms with Crippen molar-refractivity contribution < 1.29 is 14.6 Å². The minimum atomic E-state index is -0.732. The van der Waals surface area contributed by atoms with Gasteiger partial charge in [0, 0.05) is 0 Å². The highest BCUT2D eigenvalue weighted by Crippen LogP contribution is 2.40. The van der Waals surface area contributed by atoms with Gasteiger partial charge in [-0.2, -0.15) is 0 Å². The Morgan fingerprint density at radius 3 is 2.50 bits per heavy atom. The summed E-state index contributed by atoms with van der Waals surface area (Å²) in [5.41, 5.74) is 2.67. The highest BCUT2D eigenvalue weighted by atomic mass is 35.5. The molecule has 4 heteroatoms. The molecule has 0 saturated carbocycles. The molecule has 2 aromatic rings. The molecule has 104 valence electrons. The van der Waals surface area contributed by atoms with Crippen LogP contribution >= 0.6 is 11.6 Å². The first-order valence-corrected chi connectivity index (χ1v) is 6.86. The second kappa shape index (κ2) is 5.35. The molecule has 3 nitrogen and oxygen atoms in total. The second-order valence-electron chi connectivity index (χ2n) is 4.84. The minimum Gasteiger partial charge on any atom is -0.486 e. The number of rotatable bonds is 2. The number of aliphatic hydroxyl groups excluding tert-OH is 1. The van der Waals surface area contributed by atoms with Gasteiger partial charge >= 0.3 is 0 Å². The molecule has 2 aromatic carbocycles. The van der Waals surface area contributed by atoms with E-state index in [1.54, 1.807) is 12.1 Å². The Bertz CT molecular complexity index is 622. The zero-order chi connectivity index (χ0) is 14.1. The molecule has 0 radical (unpaired) electrons. The SMILES string of the molecule is Cc1ccc(C(O)c2cc(Cl)c3c(c2)OCCO3)cc1. The summed E-state index contributed by atoms with van der Waals surface area (Å²) < 4.78 is 11.0. The third kappa shape index (κ3) is 2.47. The number of hydrogen-bond acceptors (Lipinski definition) is 3. The smallest absolute Gasteiger partial charge is 0.179 e. The van der Waals surface area contributed by atoms with E-state index in [0.717, 1.165) is 11.1 Å². The van der Waals surface area contributed by atoms with Crippen molar-refractivity contribution in [3.05, 3.63) is 58.1 Å². The maximum absolute atomic E-state index is 10.5. The van der Waals surface area contributed by atoms with Gasteiger partial charge in [0.25, 0.3) is 0 Å². The zero-order valence-electron chi connectivity index (χ0n) is 11.1. The molecule has 0 aliphatic carbocycles. The van der Waals surface area contributed by atoms with Gasteiger partial charge in [0.2, 0.25) is 0 Å². The number of ether oxygens (including phenoxy) is 2. The lowest BCUT2D eigenvalue weighted by Crippen LogP contribution is -2.16.